The molecule has 1 heterocycles. The van der Waals surface area contributed by atoms with Crippen LogP contribution in [-0.2, 0) is 4.74 Å². The Morgan fingerprint density at radius 3 is 3.00 bits per heavy atom. The van der Waals surface area contributed by atoms with Gasteiger partial charge in [0, 0.05) is 18.6 Å². The maximum atomic E-state index is 13.2. The van der Waals surface area contributed by atoms with Crippen molar-refractivity contribution in [2.24, 2.45) is 5.92 Å². The minimum atomic E-state index is -0.365. The molecule has 2 unspecified atom stereocenters. The summed E-state index contributed by atoms with van der Waals surface area (Å²) in [4.78, 5) is 0. The van der Waals surface area contributed by atoms with Crippen molar-refractivity contribution in [1.29, 1.82) is 0 Å². The second-order valence-corrected chi connectivity index (χ2v) is 5.09. The second-order valence-electron chi connectivity index (χ2n) is 4.69. The molecule has 1 fully saturated rings. The summed E-state index contributed by atoms with van der Waals surface area (Å²) in [7, 11) is 0. The summed E-state index contributed by atoms with van der Waals surface area (Å²) < 4.78 is 18.8. The van der Waals surface area contributed by atoms with Crippen LogP contribution < -0.4 is 5.32 Å². The van der Waals surface area contributed by atoms with Crippen LogP contribution in [0.5, 0.6) is 0 Å². The maximum Gasteiger partial charge on any atom is 0.141 e. The first kappa shape index (κ1) is 13.8. The SMILES string of the molecule is CCNC(c1ccc(F)c(Cl)c1)C1CCCOC1. The zero-order valence-electron chi connectivity index (χ0n) is 10.6. The van der Waals surface area contributed by atoms with Crippen LogP contribution in [0.25, 0.3) is 0 Å². The van der Waals surface area contributed by atoms with Gasteiger partial charge in [0.1, 0.15) is 5.82 Å². The Labute approximate surface area is 112 Å². The topological polar surface area (TPSA) is 21.3 Å². The lowest BCUT2D eigenvalue weighted by Crippen LogP contribution is -2.33. The highest BCUT2D eigenvalue weighted by atomic mass is 35.5. The van der Waals surface area contributed by atoms with Gasteiger partial charge in [0.15, 0.2) is 0 Å². The number of rotatable bonds is 4. The van der Waals surface area contributed by atoms with Crippen LogP contribution >= 0.6 is 11.6 Å². The van der Waals surface area contributed by atoms with E-state index in [1.54, 1.807) is 6.07 Å². The summed E-state index contributed by atoms with van der Waals surface area (Å²) >= 11 is 5.86. The Hall–Kier alpha value is -0.640. The highest BCUT2D eigenvalue weighted by molar-refractivity contribution is 6.30. The fourth-order valence-corrected chi connectivity index (χ4v) is 2.70. The molecule has 1 aliphatic rings. The van der Waals surface area contributed by atoms with Gasteiger partial charge >= 0.3 is 0 Å². The number of benzene rings is 1. The lowest BCUT2D eigenvalue weighted by Gasteiger charge is -2.31. The smallest absolute Gasteiger partial charge is 0.141 e. The number of halogens is 2. The summed E-state index contributed by atoms with van der Waals surface area (Å²) in [5, 5.41) is 3.64. The fraction of sp³-hybridized carbons (Fsp3) is 0.571. The third-order valence-electron chi connectivity index (χ3n) is 3.39. The molecular formula is C14H19ClFNO. The van der Waals surface area contributed by atoms with E-state index in [1.807, 2.05) is 6.07 Å². The summed E-state index contributed by atoms with van der Waals surface area (Å²) in [6.07, 6.45) is 2.22. The van der Waals surface area contributed by atoms with Crippen molar-refractivity contribution in [2.75, 3.05) is 19.8 Å². The molecular weight excluding hydrogens is 253 g/mol. The third-order valence-corrected chi connectivity index (χ3v) is 3.68. The van der Waals surface area contributed by atoms with Gasteiger partial charge in [0.25, 0.3) is 0 Å². The lowest BCUT2D eigenvalue weighted by atomic mass is 9.88. The van der Waals surface area contributed by atoms with Gasteiger partial charge in [-0.1, -0.05) is 24.6 Å². The predicted molar refractivity (Wildman–Crippen MR) is 71.4 cm³/mol. The largest absolute Gasteiger partial charge is 0.381 e. The first-order valence-electron chi connectivity index (χ1n) is 6.48. The van der Waals surface area contributed by atoms with Gasteiger partial charge in [0.05, 0.1) is 11.6 Å². The molecule has 0 spiro atoms. The van der Waals surface area contributed by atoms with Crippen molar-refractivity contribution in [1.82, 2.24) is 5.32 Å². The van der Waals surface area contributed by atoms with E-state index in [9.17, 15) is 4.39 Å². The quantitative estimate of drug-likeness (QED) is 0.904. The molecule has 0 aliphatic carbocycles. The average molecular weight is 272 g/mol. The molecule has 2 atom stereocenters. The maximum absolute atomic E-state index is 13.2. The molecule has 1 aromatic rings. The highest BCUT2D eigenvalue weighted by Gasteiger charge is 2.25. The zero-order valence-corrected chi connectivity index (χ0v) is 11.3. The molecule has 1 aliphatic heterocycles. The van der Waals surface area contributed by atoms with E-state index in [-0.39, 0.29) is 16.9 Å². The standard InChI is InChI=1S/C14H19ClFNO/c1-2-17-14(11-4-3-7-18-9-11)10-5-6-13(16)12(15)8-10/h5-6,8,11,14,17H,2-4,7,9H2,1H3. The number of ether oxygens (including phenoxy) is 1. The van der Waals surface area contributed by atoms with Gasteiger partial charge in [-0.05, 0) is 37.1 Å². The predicted octanol–water partition coefficient (Wildman–Crippen LogP) is 3.56. The van der Waals surface area contributed by atoms with Crippen LogP contribution in [0, 0.1) is 11.7 Å². The van der Waals surface area contributed by atoms with E-state index in [2.05, 4.69) is 12.2 Å². The molecule has 0 saturated carbocycles. The molecule has 0 bridgehead atoms. The minimum absolute atomic E-state index is 0.187. The van der Waals surface area contributed by atoms with Gasteiger partial charge in [0.2, 0.25) is 0 Å². The molecule has 0 radical (unpaired) electrons. The molecule has 18 heavy (non-hydrogen) atoms. The van der Waals surface area contributed by atoms with E-state index in [0.717, 1.165) is 38.2 Å². The molecule has 1 N–H and O–H groups in total. The Morgan fingerprint density at radius 2 is 2.39 bits per heavy atom. The molecule has 4 heteroatoms. The number of hydrogen-bond acceptors (Lipinski definition) is 2. The van der Waals surface area contributed by atoms with E-state index >= 15 is 0 Å². The fourth-order valence-electron chi connectivity index (χ4n) is 2.51. The van der Waals surface area contributed by atoms with E-state index in [4.69, 9.17) is 16.3 Å². The van der Waals surface area contributed by atoms with Crippen LogP contribution in [0.4, 0.5) is 4.39 Å². The summed E-state index contributed by atoms with van der Waals surface area (Å²) in [5.41, 5.74) is 1.04. The second kappa shape index (κ2) is 6.50. The molecule has 0 amide bonds. The first-order chi connectivity index (χ1) is 8.72. The van der Waals surface area contributed by atoms with Crippen molar-refractivity contribution in [2.45, 2.75) is 25.8 Å². The Kier molecular flexibility index (Phi) is 4.98. The molecule has 100 valence electrons. The van der Waals surface area contributed by atoms with Crippen LogP contribution in [0.2, 0.25) is 5.02 Å². The van der Waals surface area contributed by atoms with Crippen molar-refractivity contribution in [3.8, 4) is 0 Å². The monoisotopic (exact) mass is 271 g/mol. The molecule has 1 aromatic carbocycles. The van der Waals surface area contributed by atoms with Gasteiger partial charge in [-0.15, -0.1) is 0 Å². The van der Waals surface area contributed by atoms with Crippen LogP contribution in [0.3, 0.4) is 0 Å². The summed E-state index contributed by atoms with van der Waals surface area (Å²) in [6, 6.07) is 5.15. The Balaban J connectivity index is 2.19. The lowest BCUT2D eigenvalue weighted by molar-refractivity contribution is 0.0393. The van der Waals surface area contributed by atoms with Crippen molar-refractivity contribution < 1.29 is 9.13 Å². The summed E-state index contributed by atoms with van der Waals surface area (Å²) in [6.45, 7) is 4.55. The number of hydrogen-bond donors (Lipinski definition) is 1. The average Bonchev–Trinajstić information content (AvgIpc) is 2.40. The molecule has 2 rings (SSSR count). The molecule has 0 aromatic heterocycles. The van der Waals surface area contributed by atoms with Crippen molar-refractivity contribution in [3.63, 3.8) is 0 Å². The molecule has 2 nitrogen and oxygen atoms in total. The van der Waals surface area contributed by atoms with Gasteiger partial charge in [-0.2, -0.15) is 0 Å². The van der Waals surface area contributed by atoms with Gasteiger partial charge in [-0.25, -0.2) is 4.39 Å². The van der Waals surface area contributed by atoms with Gasteiger partial charge < -0.3 is 10.1 Å². The zero-order chi connectivity index (χ0) is 13.0. The Bertz CT molecular complexity index is 393. The Morgan fingerprint density at radius 1 is 1.56 bits per heavy atom. The van der Waals surface area contributed by atoms with Gasteiger partial charge in [-0.3, -0.25) is 0 Å². The number of nitrogens with one attached hydrogen (secondary N) is 1. The van der Waals surface area contributed by atoms with Crippen LogP contribution in [-0.4, -0.2) is 19.8 Å². The van der Waals surface area contributed by atoms with E-state index in [1.165, 1.54) is 6.07 Å². The first-order valence-corrected chi connectivity index (χ1v) is 6.86. The normalized spacial score (nSPS) is 21.8. The van der Waals surface area contributed by atoms with Crippen molar-refractivity contribution in [3.05, 3.63) is 34.6 Å². The van der Waals surface area contributed by atoms with Crippen LogP contribution in [0.15, 0.2) is 18.2 Å². The minimum Gasteiger partial charge on any atom is -0.381 e. The highest BCUT2D eigenvalue weighted by Crippen LogP contribution is 2.30. The van der Waals surface area contributed by atoms with Crippen molar-refractivity contribution >= 4 is 11.6 Å². The summed E-state index contributed by atoms with van der Waals surface area (Å²) in [5.74, 6) is 0.0655. The third kappa shape index (κ3) is 3.22. The molecule has 1 saturated heterocycles. The van der Waals surface area contributed by atoms with E-state index < -0.39 is 0 Å². The van der Waals surface area contributed by atoms with E-state index in [0.29, 0.717) is 5.92 Å². The van der Waals surface area contributed by atoms with Crippen LogP contribution in [0.1, 0.15) is 31.4 Å².